The number of hydrogen-bond acceptors (Lipinski definition) is 4. The van der Waals surface area contributed by atoms with E-state index in [4.69, 9.17) is 0 Å². The molecule has 7 heteroatoms. The fourth-order valence-corrected chi connectivity index (χ4v) is 4.88. The summed E-state index contributed by atoms with van der Waals surface area (Å²) in [5.41, 5.74) is 0.511. The summed E-state index contributed by atoms with van der Waals surface area (Å²) in [7, 11) is -0.523. The largest absolute Gasteiger partial charge is 0.325 e. The number of nitrogens with zero attached hydrogens (tertiary/aromatic N) is 1. The first-order valence-electron chi connectivity index (χ1n) is 7.79. The Hall–Kier alpha value is -1.05. The van der Waals surface area contributed by atoms with Gasteiger partial charge in [-0.3, -0.25) is 4.79 Å². The van der Waals surface area contributed by atoms with Crippen LogP contribution in [0.1, 0.15) is 32.6 Å². The molecule has 0 saturated heterocycles. The second kappa shape index (κ2) is 7.68. The van der Waals surface area contributed by atoms with Gasteiger partial charge in [0.2, 0.25) is 15.9 Å². The minimum Gasteiger partial charge on any atom is -0.325 e. The molecule has 0 aliphatic heterocycles. The Balaban J connectivity index is 2.03. The minimum atomic E-state index is -3.50. The molecule has 128 valence electrons. The molecule has 0 aromatic heterocycles. The Morgan fingerprint density at radius 2 is 1.96 bits per heavy atom. The summed E-state index contributed by atoms with van der Waals surface area (Å²) in [6.07, 6.45) is 4.85. The van der Waals surface area contributed by atoms with Gasteiger partial charge in [-0.1, -0.05) is 18.9 Å². The maximum Gasteiger partial charge on any atom is 0.242 e. The molecule has 0 radical (unpaired) electrons. The summed E-state index contributed by atoms with van der Waals surface area (Å²) in [6.45, 7) is 1.90. The first-order chi connectivity index (χ1) is 10.8. The molecule has 0 bridgehead atoms. The number of amides is 1. The SMILES string of the molecule is CC(SC1CCCC1)C(=O)Nc1cccc(S(=O)(=O)N(C)C)c1. The number of anilines is 1. The molecule has 0 heterocycles. The zero-order valence-electron chi connectivity index (χ0n) is 13.8. The Morgan fingerprint density at radius 1 is 1.30 bits per heavy atom. The average molecular weight is 357 g/mol. The highest BCUT2D eigenvalue weighted by molar-refractivity contribution is 8.01. The fourth-order valence-electron chi connectivity index (χ4n) is 2.56. The van der Waals surface area contributed by atoms with Crippen molar-refractivity contribution in [2.24, 2.45) is 0 Å². The molecule has 1 aromatic carbocycles. The number of hydrogen-bond donors (Lipinski definition) is 1. The van der Waals surface area contributed by atoms with Crippen molar-refractivity contribution in [1.29, 1.82) is 0 Å². The lowest BCUT2D eigenvalue weighted by Crippen LogP contribution is -2.25. The molecule has 1 saturated carbocycles. The fraction of sp³-hybridized carbons (Fsp3) is 0.562. The lowest BCUT2D eigenvalue weighted by molar-refractivity contribution is -0.115. The lowest BCUT2D eigenvalue weighted by Gasteiger charge is -2.17. The molecule has 1 amide bonds. The molecule has 1 fully saturated rings. The Kier molecular flexibility index (Phi) is 6.11. The average Bonchev–Trinajstić information content (AvgIpc) is 3.00. The predicted octanol–water partition coefficient (Wildman–Crippen LogP) is 2.94. The van der Waals surface area contributed by atoms with Crippen molar-refractivity contribution in [3.63, 3.8) is 0 Å². The van der Waals surface area contributed by atoms with E-state index < -0.39 is 10.0 Å². The van der Waals surface area contributed by atoms with Gasteiger partial charge in [0.05, 0.1) is 10.1 Å². The van der Waals surface area contributed by atoms with Gasteiger partial charge in [-0.2, -0.15) is 0 Å². The first kappa shape index (κ1) is 18.3. The molecule has 1 aliphatic carbocycles. The van der Waals surface area contributed by atoms with Crippen LogP contribution in [-0.4, -0.2) is 43.2 Å². The van der Waals surface area contributed by atoms with Crippen LogP contribution in [0.2, 0.25) is 0 Å². The molecule has 5 nitrogen and oxygen atoms in total. The van der Waals surface area contributed by atoms with Crippen LogP contribution in [0.3, 0.4) is 0 Å². The summed E-state index contributed by atoms with van der Waals surface area (Å²) in [5.74, 6) is -0.0821. The van der Waals surface area contributed by atoms with E-state index in [-0.39, 0.29) is 16.1 Å². The van der Waals surface area contributed by atoms with Gasteiger partial charge in [0.1, 0.15) is 0 Å². The van der Waals surface area contributed by atoms with Gasteiger partial charge >= 0.3 is 0 Å². The summed E-state index contributed by atoms with van der Waals surface area (Å²) in [4.78, 5) is 12.5. The standard InChI is InChI=1S/C16H24N2O3S2/c1-12(22-14-8-4-5-9-14)16(19)17-13-7-6-10-15(11-13)23(20,21)18(2)3/h6-7,10-12,14H,4-5,8-9H2,1-3H3,(H,17,19). The van der Waals surface area contributed by atoms with Crippen molar-refractivity contribution in [3.05, 3.63) is 24.3 Å². The van der Waals surface area contributed by atoms with E-state index in [1.54, 1.807) is 23.9 Å². The van der Waals surface area contributed by atoms with E-state index in [9.17, 15) is 13.2 Å². The van der Waals surface area contributed by atoms with Gasteiger partial charge in [-0.25, -0.2) is 12.7 Å². The predicted molar refractivity (Wildman–Crippen MR) is 95.3 cm³/mol. The van der Waals surface area contributed by atoms with E-state index in [1.165, 1.54) is 51.9 Å². The van der Waals surface area contributed by atoms with Crippen LogP contribution in [0.4, 0.5) is 5.69 Å². The van der Waals surface area contributed by atoms with E-state index >= 15 is 0 Å². The van der Waals surface area contributed by atoms with E-state index in [1.807, 2.05) is 6.92 Å². The molecular weight excluding hydrogens is 332 g/mol. The minimum absolute atomic E-state index is 0.0821. The number of sulfonamides is 1. The van der Waals surface area contributed by atoms with Crippen molar-refractivity contribution in [2.75, 3.05) is 19.4 Å². The van der Waals surface area contributed by atoms with Crippen LogP contribution < -0.4 is 5.32 Å². The third-order valence-electron chi connectivity index (χ3n) is 3.95. The zero-order chi connectivity index (χ0) is 17.0. The highest BCUT2D eigenvalue weighted by Gasteiger charge is 2.23. The smallest absolute Gasteiger partial charge is 0.242 e. The van der Waals surface area contributed by atoms with Gasteiger partial charge in [0.15, 0.2) is 0 Å². The molecule has 0 spiro atoms. The molecule has 2 rings (SSSR count). The lowest BCUT2D eigenvalue weighted by atomic mass is 10.3. The molecule has 1 unspecified atom stereocenters. The summed E-state index contributed by atoms with van der Waals surface area (Å²) >= 11 is 1.71. The maximum absolute atomic E-state index is 12.3. The van der Waals surface area contributed by atoms with Crippen LogP contribution in [0, 0.1) is 0 Å². The Bertz CT molecular complexity index is 653. The van der Waals surface area contributed by atoms with Crippen molar-refractivity contribution in [1.82, 2.24) is 4.31 Å². The van der Waals surface area contributed by atoms with E-state index in [0.29, 0.717) is 10.9 Å². The highest BCUT2D eigenvalue weighted by atomic mass is 32.2. The third kappa shape index (κ3) is 4.71. The summed E-state index contributed by atoms with van der Waals surface area (Å²) in [5, 5.41) is 3.24. The van der Waals surface area contributed by atoms with Crippen LogP contribution in [0.15, 0.2) is 29.2 Å². The Labute approximate surface area is 142 Å². The van der Waals surface area contributed by atoms with Gasteiger partial charge in [-0.15, -0.1) is 11.8 Å². The normalized spacial score (nSPS) is 17.4. The second-order valence-electron chi connectivity index (χ2n) is 5.99. The van der Waals surface area contributed by atoms with Crippen LogP contribution >= 0.6 is 11.8 Å². The number of thioether (sulfide) groups is 1. The van der Waals surface area contributed by atoms with Crippen molar-refractivity contribution >= 4 is 33.4 Å². The van der Waals surface area contributed by atoms with Crippen molar-refractivity contribution < 1.29 is 13.2 Å². The Morgan fingerprint density at radius 3 is 2.57 bits per heavy atom. The first-order valence-corrected chi connectivity index (χ1v) is 10.2. The van der Waals surface area contributed by atoms with Gasteiger partial charge < -0.3 is 5.32 Å². The molecule has 1 N–H and O–H groups in total. The number of benzene rings is 1. The highest BCUT2D eigenvalue weighted by Crippen LogP contribution is 2.32. The number of rotatable bonds is 6. The second-order valence-corrected chi connectivity index (χ2v) is 9.79. The van der Waals surface area contributed by atoms with Gasteiger partial charge in [0.25, 0.3) is 0 Å². The summed E-state index contributed by atoms with van der Waals surface area (Å²) < 4.78 is 25.4. The summed E-state index contributed by atoms with van der Waals surface area (Å²) in [6, 6.07) is 6.38. The molecule has 1 aromatic rings. The zero-order valence-corrected chi connectivity index (χ0v) is 15.4. The monoisotopic (exact) mass is 356 g/mol. The van der Waals surface area contributed by atoms with Gasteiger partial charge in [-0.05, 0) is 38.0 Å². The van der Waals surface area contributed by atoms with E-state index in [2.05, 4.69) is 5.32 Å². The molecular formula is C16H24N2O3S2. The number of carbonyl (C=O) groups excluding carboxylic acids is 1. The topological polar surface area (TPSA) is 66.5 Å². The van der Waals surface area contributed by atoms with Crippen molar-refractivity contribution in [2.45, 2.75) is 48.0 Å². The van der Waals surface area contributed by atoms with Crippen LogP contribution in [-0.2, 0) is 14.8 Å². The molecule has 1 atom stereocenters. The molecule has 23 heavy (non-hydrogen) atoms. The molecule has 1 aliphatic rings. The number of nitrogens with one attached hydrogen (secondary N) is 1. The quantitative estimate of drug-likeness (QED) is 0.851. The van der Waals surface area contributed by atoms with Crippen molar-refractivity contribution in [3.8, 4) is 0 Å². The van der Waals surface area contributed by atoms with Crippen LogP contribution in [0.25, 0.3) is 0 Å². The van der Waals surface area contributed by atoms with Gasteiger partial charge in [0, 0.05) is 25.0 Å². The third-order valence-corrected chi connectivity index (χ3v) is 7.24. The number of carbonyl (C=O) groups is 1. The van der Waals surface area contributed by atoms with Crippen LogP contribution in [0.5, 0.6) is 0 Å². The maximum atomic E-state index is 12.3. The van der Waals surface area contributed by atoms with E-state index in [0.717, 1.165) is 4.31 Å².